The van der Waals surface area contributed by atoms with Crippen LogP contribution in [-0.2, 0) is 4.79 Å². The van der Waals surface area contributed by atoms with E-state index < -0.39 is 11.6 Å². The SMILES string of the molecule is COc1ccc(SCCC(=O)Nc2ccc(F)cc2F)cc1. The molecule has 0 radical (unpaired) electrons. The molecule has 0 saturated carbocycles. The van der Waals surface area contributed by atoms with Crippen LogP contribution in [0.3, 0.4) is 0 Å². The average molecular weight is 323 g/mol. The molecule has 2 aromatic carbocycles. The standard InChI is InChI=1S/C16H15F2NO2S/c1-21-12-3-5-13(6-4-12)22-9-8-16(20)19-15-7-2-11(17)10-14(15)18/h2-7,10H,8-9H2,1H3,(H,19,20). The molecule has 3 nitrogen and oxygen atoms in total. The van der Waals surface area contributed by atoms with Crippen LogP contribution < -0.4 is 10.1 Å². The van der Waals surface area contributed by atoms with Gasteiger partial charge in [0.15, 0.2) is 0 Å². The summed E-state index contributed by atoms with van der Waals surface area (Å²) in [6.45, 7) is 0. The fraction of sp³-hybridized carbons (Fsp3) is 0.188. The summed E-state index contributed by atoms with van der Waals surface area (Å²) in [5.41, 5.74) is -0.0131. The van der Waals surface area contributed by atoms with Crippen molar-refractivity contribution >= 4 is 23.4 Å². The Morgan fingerprint density at radius 3 is 2.55 bits per heavy atom. The predicted molar refractivity (Wildman–Crippen MR) is 83.3 cm³/mol. The smallest absolute Gasteiger partial charge is 0.225 e. The number of anilines is 1. The minimum absolute atomic E-state index is 0.0131. The van der Waals surface area contributed by atoms with Crippen LogP contribution in [0.5, 0.6) is 5.75 Å². The average Bonchev–Trinajstić information content (AvgIpc) is 2.51. The third kappa shape index (κ3) is 4.73. The molecule has 0 aliphatic carbocycles. The second-order valence-corrected chi connectivity index (χ2v) is 5.61. The highest BCUT2D eigenvalue weighted by Crippen LogP contribution is 2.22. The van der Waals surface area contributed by atoms with Crippen LogP contribution in [-0.4, -0.2) is 18.8 Å². The summed E-state index contributed by atoms with van der Waals surface area (Å²) in [5, 5.41) is 2.43. The van der Waals surface area contributed by atoms with Gasteiger partial charge in [-0.3, -0.25) is 4.79 Å². The van der Waals surface area contributed by atoms with E-state index in [0.29, 0.717) is 5.75 Å². The largest absolute Gasteiger partial charge is 0.497 e. The van der Waals surface area contributed by atoms with Crippen molar-refractivity contribution < 1.29 is 18.3 Å². The van der Waals surface area contributed by atoms with Gasteiger partial charge < -0.3 is 10.1 Å². The quantitative estimate of drug-likeness (QED) is 0.814. The molecule has 0 aromatic heterocycles. The maximum Gasteiger partial charge on any atom is 0.225 e. The van der Waals surface area contributed by atoms with Gasteiger partial charge in [0.25, 0.3) is 0 Å². The Morgan fingerprint density at radius 1 is 1.18 bits per heavy atom. The number of rotatable bonds is 6. The molecule has 22 heavy (non-hydrogen) atoms. The van der Waals surface area contributed by atoms with Gasteiger partial charge in [0.1, 0.15) is 17.4 Å². The first-order valence-electron chi connectivity index (χ1n) is 6.60. The fourth-order valence-electron chi connectivity index (χ4n) is 1.74. The Balaban J connectivity index is 1.79. The van der Waals surface area contributed by atoms with Gasteiger partial charge in [0.2, 0.25) is 5.91 Å². The summed E-state index contributed by atoms with van der Waals surface area (Å²) >= 11 is 1.52. The zero-order valence-electron chi connectivity index (χ0n) is 11.9. The molecular weight excluding hydrogens is 308 g/mol. The number of halogens is 2. The molecule has 0 atom stereocenters. The molecule has 0 aliphatic rings. The summed E-state index contributed by atoms with van der Waals surface area (Å²) < 4.78 is 31.2. The minimum atomic E-state index is -0.781. The highest BCUT2D eigenvalue weighted by Gasteiger charge is 2.08. The van der Waals surface area contributed by atoms with E-state index in [0.717, 1.165) is 22.8 Å². The summed E-state index contributed by atoms with van der Waals surface area (Å²) in [6.07, 6.45) is 0.230. The summed E-state index contributed by atoms with van der Waals surface area (Å²) in [5.74, 6) is -0.442. The Kier molecular flexibility index (Phi) is 5.77. The zero-order valence-corrected chi connectivity index (χ0v) is 12.8. The van der Waals surface area contributed by atoms with Gasteiger partial charge in [-0.1, -0.05) is 0 Å². The highest BCUT2D eigenvalue weighted by atomic mass is 32.2. The van der Waals surface area contributed by atoms with Crippen LogP contribution in [0.2, 0.25) is 0 Å². The Hall–Kier alpha value is -2.08. The van der Waals surface area contributed by atoms with Crippen molar-refractivity contribution in [2.45, 2.75) is 11.3 Å². The van der Waals surface area contributed by atoms with Crippen molar-refractivity contribution in [3.05, 3.63) is 54.1 Å². The normalized spacial score (nSPS) is 10.3. The van der Waals surface area contributed by atoms with Gasteiger partial charge in [-0.2, -0.15) is 0 Å². The lowest BCUT2D eigenvalue weighted by atomic mass is 10.3. The van der Waals surface area contributed by atoms with Crippen LogP contribution >= 0.6 is 11.8 Å². The van der Waals surface area contributed by atoms with Crippen LogP contribution in [0.4, 0.5) is 14.5 Å². The van der Waals surface area contributed by atoms with Gasteiger partial charge in [-0.05, 0) is 36.4 Å². The molecule has 0 saturated heterocycles. The lowest BCUT2D eigenvalue weighted by Gasteiger charge is -2.07. The third-order valence-electron chi connectivity index (χ3n) is 2.86. The second-order valence-electron chi connectivity index (χ2n) is 4.45. The molecule has 0 fully saturated rings. The van der Waals surface area contributed by atoms with Crippen LogP contribution in [0.1, 0.15) is 6.42 Å². The van der Waals surface area contributed by atoms with E-state index in [1.54, 1.807) is 7.11 Å². The highest BCUT2D eigenvalue weighted by molar-refractivity contribution is 7.99. The van der Waals surface area contributed by atoms with Crippen molar-refractivity contribution in [2.24, 2.45) is 0 Å². The molecule has 116 valence electrons. The molecule has 2 rings (SSSR count). The van der Waals surface area contributed by atoms with E-state index >= 15 is 0 Å². The number of carbonyl (C=O) groups excluding carboxylic acids is 1. The number of thioether (sulfide) groups is 1. The number of ether oxygens (including phenoxy) is 1. The van der Waals surface area contributed by atoms with E-state index in [2.05, 4.69) is 5.32 Å². The Bertz CT molecular complexity index is 647. The number of amides is 1. The van der Waals surface area contributed by atoms with Crippen molar-refractivity contribution in [1.82, 2.24) is 0 Å². The fourth-order valence-corrected chi connectivity index (χ4v) is 2.59. The van der Waals surface area contributed by atoms with Crippen LogP contribution in [0.15, 0.2) is 47.4 Å². The van der Waals surface area contributed by atoms with Crippen molar-refractivity contribution in [2.75, 3.05) is 18.2 Å². The maximum atomic E-state index is 13.4. The van der Waals surface area contributed by atoms with E-state index in [9.17, 15) is 13.6 Å². The number of hydrogen-bond acceptors (Lipinski definition) is 3. The predicted octanol–water partition coefficient (Wildman–Crippen LogP) is 4.09. The first-order chi connectivity index (χ1) is 10.6. The van der Waals surface area contributed by atoms with E-state index in [1.165, 1.54) is 17.8 Å². The van der Waals surface area contributed by atoms with Crippen molar-refractivity contribution in [3.63, 3.8) is 0 Å². The Morgan fingerprint density at radius 2 is 1.91 bits per heavy atom. The molecule has 0 spiro atoms. The number of methoxy groups -OCH3 is 1. The molecule has 0 heterocycles. The van der Waals surface area contributed by atoms with Crippen molar-refractivity contribution in [1.29, 1.82) is 0 Å². The van der Waals surface area contributed by atoms with E-state index in [-0.39, 0.29) is 18.0 Å². The number of carbonyl (C=O) groups is 1. The molecule has 0 bridgehead atoms. The molecule has 0 aliphatic heterocycles. The second kappa shape index (κ2) is 7.79. The maximum absolute atomic E-state index is 13.4. The lowest BCUT2D eigenvalue weighted by Crippen LogP contribution is -2.13. The topological polar surface area (TPSA) is 38.3 Å². The zero-order chi connectivity index (χ0) is 15.9. The lowest BCUT2D eigenvalue weighted by molar-refractivity contribution is -0.115. The number of nitrogens with one attached hydrogen (secondary N) is 1. The number of hydrogen-bond donors (Lipinski definition) is 1. The summed E-state index contributed by atoms with van der Waals surface area (Å²) in [6, 6.07) is 10.5. The van der Waals surface area contributed by atoms with E-state index in [1.807, 2.05) is 24.3 Å². The molecular formula is C16H15F2NO2S. The van der Waals surface area contributed by atoms with Crippen molar-refractivity contribution in [3.8, 4) is 5.75 Å². The van der Waals surface area contributed by atoms with Gasteiger partial charge >= 0.3 is 0 Å². The molecule has 2 aromatic rings. The monoisotopic (exact) mass is 323 g/mol. The van der Waals surface area contributed by atoms with E-state index in [4.69, 9.17) is 4.74 Å². The third-order valence-corrected chi connectivity index (χ3v) is 3.88. The number of benzene rings is 2. The molecule has 1 amide bonds. The van der Waals surface area contributed by atoms with Gasteiger partial charge in [0, 0.05) is 23.1 Å². The Labute approximate surface area is 131 Å². The first kappa shape index (κ1) is 16.3. The van der Waals surface area contributed by atoms with Crippen LogP contribution in [0.25, 0.3) is 0 Å². The van der Waals surface area contributed by atoms with Gasteiger partial charge in [-0.25, -0.2) is 8.78 Å². The summed E-state index contributed by atoms with van der Waals surface area (Å²) in [4.78, 5) is 12.8. The van der Waals surface area contributed by atoms with Gasteiger partial charge in [0.05, 0.1) is 12.8 Å². The molecule has 1 N–H and O–H groups in total. The van der Waals surface area contributed by atoms with Gasteiger partial charge in [-0.15, -0.1) is 11.8 Å². The molecule has 6 heteroatoms. The van der Waals surface area contributed by atoms with Crippen LogP contribution in [0, 0.1) is 11.6 Å². The first-order valence-corrected chi connectivity index (χ1v) is 7.59. The summed E-state index contributed by atoms with van der Waals surface area (Å²) in [7, 11) is 1.60. The molecule has 0 unspecified atom stereocenters. The minimum Gasteiger partial charge on any atom is -0.497 e.